The van der Waals surface area contributed by atoms with Crippen LogP contribution in [-0.4, -0.2) is 46.1 Å². The van der Waals surface area contributed by atoms with Gasteiger partial charge in [0.25, 0.3) is 5.91 Å². The van der Waals surface area contributed by atoms with Crippen LogP contribution in [0.25, 0.3) is 0 Å². The van der Waals surface area contributed by atoms with E-state index in [4.69, 9.17) is 0 Å². The van der Waals surface area contributed by atoms with Gasteiger partial charge in [-0.2, -0.15) is 0 Å². The molecule has 2 atom stereocenters. The number of rotatable bonds is 5. The lowest BCUT2D eigenvalue weighted by molar-refractivity contribution is -0.139. The fourth-order valence-corrected chi connectivity index (χ4v) is 2.51. The average molecular weight is 254 g/mol. The maximum absolute atomic E-state index is 11.9. The number of nitrogens with one attached hydrogen (secondary N) is 1. The maximum Gasteiger partial charge on any atom is 0.251 e. The molecular formula is C13H22N2O3. The number of carbonyl (C=O) groups excluding carboxylic acids is 2. The molecule has 0 spiro atoms. The van der Waals surface area contributed by atoms with Gasteiger partial charge < -0.3 is 15.3 Å². The van der Waals surface area contributed by atoms with Crippen LogP contribution in [0, 0.1) is 0 Å². The van der Waals surface area contributed by atoms with Gasteiger partial charge in [0.2, 0.25) is 5.91 Å². The van der Waals surface area contributed by atoms with Crippen LogP contribution in [0.3, 0.4) is 0 Å². The third-order valence-corrected chi connectivity index (χ3v) is 3.71. The molecule has 5 nitrogen and oxygen atoms in total. The molecule has 5 heteroatoms. The Kier molecular flexibility index (Phi) is 3.61. The lowest BCUT2D eigenvalue weighted by atomic mass is 9.99. The molecule has 2 aliphatic rings. The van der Waals surface area contributed by atoms with Gasteiger partial charge in [-0.1, -0.05) is 13.3 Å². The first-order valence-corrected chi connectivity index (χ1v) is 6.77. The van der Waals surface area contributed by atoms with Crippen LogP contribution in [0.4, 0.5) is 0 Å². The van der Waals surface area contributed by atoms with E-state index in [1.165, 1.54) is 6.92 Å². The molecule has 0 radical (unpaired) electrons. The summed E-state index contributed by atoms with van der Waals surface area (Å²) < 4.78 is 0. The lowest BCUT2D eigenvalue weighted by Gasteiger charge is -2.24. The first-order valence-electron chi connectivity index (χ1n) is 6.77. The normalized spacial score (nSPS) is 27.2. The number of carbonyl (C=O) groups is 2. The number of amides is 2. The molecule has 102 valence electrons. The molecule has 1 aliphatic carbocycles. The minimum absolute atomic E-state index is 0.123. The van der Waals surface area contributed by atoms with E-state index < -0.39 is 5.60 Å². The van der Waals surface area contributed by atoms with Crippen molar-refractivity contribution in [3.8, 4) is 0 Å². The highest BCUT2D eigenvalue weighted by Gasteiger charge is 2.41. The number of hydrogen-bond acceptors (Lipinski definition) is 3. The second kappa shape index (κ2) is 4.88. The zero-order chi connectivity index (χ0) is 13.3. The summed E-state index contributed by atoms with van der Waals surface area (Å²) in [5, 5.41) is 12.8. The van der Waals surface area contributed by atoms with Gasteiger partial charge in [-0.05, 0) is 26.2 Å². The van der Waals surface area contributed by atoms with E-state index in [9.17, 15) is 14.7 Å². The van der Waals surface area contributed by atoms with Gasteiger partial charge in [-0.15, -0.1) is 0 Å². The van der Waals surface area contributed by atoms with Crippen LogP contribution < -0.4 is 5.32 Å². The van der Waals surface area contributed by atoms with E-state index in [0.717, 1.165) is 19.3 Å². The van der Waals surface area contributed by atoms with Gasteiger partial charge in [0, 0.05) is 19.0 Å². The molecule has 1 aliphatic heterocycles. The Balaban J connectivity index is 1.87. The Morgan fingerprint density at radius 3 is 2.78 bits per heavy atom. The predicted octanol–water partition coefficient (Wildman–Crippen LogP) is 0.417. The van der Waals surface area contributed by atoms with Crippen LogP contribution in [0.15, 0.2) is 0 Å². The SMILES string of the molecule is CCCC(C)(O)C(=O)NC1CC(=O)N(C2CC2)C1. The van der Waals surface area contributed by atoms with Crippen LogP contribution in [-0.2, 0) is 9.59 Å². The molecule has 0 aromatic heterocycles. The first-order chi connectivity index (χ1) is 8.44. The van der Waals surface area contributed by atoms with E-state index in [1.807, 2.05) is 11.8 Å². The highest BCUT2D eigenvalue weighted by atomic mass is 16.3. The third kappa shape index (κ3) is 2.83. The van der Waals surface area contributed by atoms with Crippen molar-refractivity contribution >= 4 is 11.8 Å². The highest BCUT2D eigenvalue weighted by Crippen LogP contribution is 2.30. The van der Waals surface area contributed by atoms with Crippen molar-refractivity contribution in [3.05, 3.63) is 0 Å². The van der Waals surface area contributed by atoms with Crippen LogP contribution >= 0.6 is 0 Å². The highest BCUT2D eigenvalue weighted by molar-refractivity contribution is 5.86. The van der Waals surface area contributed by atoms with E-state index >= 15 is 0 Å². The summed E-state index contributed by atoms with van der Waals surface area (Å²) in [5.74, 6) is -0.238. The molecule has 0 aromatic rings. The van der Waals surface area contributed by atoms with Crippen molar-refractivity contribution < 1.29 is 14.7 Å². The smallest absolute Gasteiger partial charge is 0.251 e. The summed E-state index contributed by atoms with van der Waals surface area (Å²) >= 11 is 0. The van der Waals surface area contributed by atoms with E-state index in [0.29, 0.717) is 25.4 Å². The molecule has 2 fully saturated rings. The molecular weight excluding hydrogens is 232 g/mol. The fourth-order valence-electron chi connectivity index (χ4n) is 2.51. The number of hydrogen-bond donors (Lipinski definition) is 2. The summed E-state index contributed by atoms with van der Waals surface area (Å²) in [5.41, 5.74) is -1.33. The second-order valence-electron chi connectivity index (χ2n) is 5.68. The third-order valence-electron chi connectivity index (χ3n) is 3.71. The lowest BCUT2D eigenvalue weighted by Crippen LogP contribution is -2.49. The van der Waals surface area contributed by atoms with Gasteiger partial charge in [0.05, 0.1) is 6.04 Å². The van der Waals surface area contributed by atoms with Crippen molar-refractivity contribution in [1.29, 1.82) is 0 Å². The van der Waals surface area contributed by atoms with Crippen molar-refractivity contribution in [2.75, 3.05) is 6.54 Å². The Hall–Kier alpha value is -1.10. The van der Waals surface area contributed by atoms with Crippen molar-refractivity contribution in [2.24, 2.45) is 0 Å². The largest absolute Gasteiger partial charge is 0.380 e. The molecule has 2 unspecified atom stereocenters. The van der Waals surface area contributed by atoms with Gasteiger partial charge in [-0.25, -0.2) is 0 Å². The molecule has 2 amide bonds. The summed E-state index contributed by atoms with van der Waals surface area (Å²) in [6.45, 7) is 4.05. The number of nitrogens with zero attached hydrogens (tertiary/aromatic N) is 1. The summed E-state index contributed by atoms with van der Waals surface area (Å²) in [6, 6.07) is 0.254. The monoisotopic (exact) mass is 254 g/mol. The van der Waals surface area contributed by atoms with E-state index in [2.05, 4.69) is 5.32 Å². The average Bonchev–Trinajstić information content (AvgIpc) is 3.04. The Morgan fingerprint density at radius 2 is 2.22 bits per heavy atom. The fraction of sp³-hybridized carbons (Fsp3) is 0.846. The summed E-state index contributed by atoms with van der Waals surface area (Å²) in [4.78, 5) is 25.5. The molecule has 1 heterocycles. The zero-order valence-corrected chi connectivity index (χ0v) is 11.1. The minimum Gasteiger partial charge on any atom is -0.380 e. The predicted molar refractivity (Wildman–Crippen MR) is 66.8 cm³/mol. The van der Waals surface area contributed by atoms with Crippen molar-refractivity contribution in [2.45, 2.75) is 63.6 Å². The zero-order valence-electron chi connectivity index (χ0n) is 11.1. The second-order valence-corrected chi connectivity index (χ2v) is 5.68. The molecule has 1 saturated carbocycles. The standard InChI is InChI=1S/C13H22N2O3/c1-3-6-13(2,18)12(17)14-9-7-11(16)15(8-9)10-4-5-10/h9-10,18H,3-8H2,1-2H3,(H,14,17). The van der Waals surface area contributed by atoms with Gasteiger partial charge in [0.15, 0.2) is 0 Å². The van der Waals surface area contributed by atoms with Crippen LogP contribution in [0.5, 0.6) is 0 Å². The molecule has 0 aromatic carbocycles. The quantitative estimate of drug-likeness (QED) is 0.747. The molecule has 2 N–H and O–H groups in total. The van der Waals surface area contributed by atoms with Crippen molar-refractivity contribution in [3.63, 3.8) is 0 Å². The molecule has 0 bridgehead atoms. The molecule has 2 rings (SSSR count). The summed E-state index contributed by atoms with van der Waals surface area (Å²) in [7, 11) is 0. The van der Waals surface area contributed by atoms with Gasteiger partial charge in [-0.3, -0.25) is 9.59 Å². The first kappa shape index (κ1) is 13.3. The topological polar surface area (TPSA) is 69.6 Å². The van der Waals surface area contributed by atoms with Crippen LogP contribution in [0.2, 0.25) is 0 Å². The van der Waals surface area contributed by atoms with E-state index in [-0.39, 0.29) is 17.9 Å². The Bertz CT molecular complexity index is 350. The maximum atomic E-state index is 11.9. The van der Waals surface area contributed by atoms with Crippen molar-refractivity contribution in [1.82, 2.24) is 10.2 Å². The van der Waals surface area contributed by atoms with Gasteiger partial charge in [0.1, 0.15) is 5.60 Å². The Morgan fingerprint density at radius 1 is 1.56 bits per heavy atom. The van der Waals surface area contributed by atoms with Crippen LogP contribution in [0.1, 0.15) is 46.0 Å². The summed E-state index contributed by atoms with van der Waals surface area (Å²) in [6.07, 6.45) is 3.72. The van der Waals surface area contributed by atoms with E-state index in [1.54, 1.807) is 0 Å². The van der Waals surface area contributed by atoms with Gasteiger partial charge >= 0.3 is 0 Å². The Labute approximate surface area is 108 Å². The molecule has 1 saturated heterocycles. The minimum atomic E-state index is -1.33. The molecule has 18 heavy (non-hydrogen) atoms. The number of aliphatic hydroxyl groups is 1. The number of likely N-dealkylation sites (tertiary alicyclic amines) is 1.